The van der Waals surface area contributed by atoms with E-state index in [0.717, 1.165) is 44.4 Å². The van der Waals surface area contributed by atoms with Crippen LogP contribution in [0.2, 0.25) is 0 Å². The minimum Gasteiger partial charge on any atom is -0.357 e. The first-order chi connectivity index (χ1) is 12.6. The highest BCUT2D eigenvalue weighted by molar-refractivity contribution is 14.0. The Labute approximate surface area is 181 Å². The maximum atomic E-state index is 11.9. The summed E-state index contributed by atoms with van der Waals surface area (Å²) in [4.78, 5) is 18.6. The van der Waals surface area contributed by atoms with Gasteiger partial charge in [0.05, 0.1) is 6.54 Å². The summed E-state index contributed by atoms with van der Waals surface area (Å²) in [5.74, 6) is 1.86. The van der Waals surface area contributed by atoms with E-state index in [2.05, 4.69) is 43.5 Å². The summed E-state index contributed by atoms with van der Waals surface area (Å²) < 4.78 is 0. The number of amides is 1. The van der Waals surface area contributed by atoms with Gasteiger partial charge in [0.1, 0.15) is 0 Å². The van der Waals surface area contributed by atoms with Crippen molar-refractivity contribution in [3.63, 3.8) is 0 Å². The number of carbonyl (C=O) groups excluding carboxylic acids is 1. The van der Waals surface area contributed by atoms with Crippen LogP contribution in [0.25, 0.3) is 0 Å². The zero-order chi connectivity index (χ0) is 18.8. The molecule has 0 atom stereocenters. The fourth-order valence-corrected chi connectivity index (χ4v) is 3.17. The van der Waals surface area contributed by atoms with Crippen LogP contribution in [-0.2, 0) is 17.9 Å². The summed E-state index contributed by atoms with van der Waals surface area (Å²) >= 11 is 0. The molecule has 1 aliphatic heterocycles. The Balaban J connectivity index is 0.00000364. The van der Waals surface area contributed by atoms with Gasteiger partial charge in [-0.3, -0.25) is 4.79 Å². The number of halogens is 1. The second kappa shape index (κ2) is 13.0. The number of nitrogens with zero attached hydrogens (tertiary/aromatic N) is 2. The molecule has 1 saturated heterocycles. The maximum Gasteiger partial charge on any atom is 0.222 e. The highest BCUT2D eigenvalue weighted by atomic mass is 127. The third-order valence-corrected chi connectivity index (χ3v) is 4.65. The second-order valence-electron chi connectivity index (χ2n) is 7.35. The molecule has 1 aromatic rings. The molecular weight excluding hydrogens is 451 g/mol. The quantitative estimate of drug-likeness (QED) is 0.241. The Morgan fingerprint density at radius 2 is 1.96 bits per heavy atom. The van der Waals surface area contributed by atoms with Gasteiger partial charge in [0.25, 0.3) is 0 Å². The first-order valence-corrected chi connectivity index (χ1v) is 9.97. The van der Waals surface area contributed by atoms with Gasteiger partial charge in [-0.2, -0.15) is 0 Å². The lowest BCUT2D eigenvalue weighted by Crippen LogP contribution is -2.37. The van der Waals surface area contributed by atoms with E-state index in [1.807, 2.05) is 17.0 Å². The first-order valence-electron chi connectivity index (χ1n) is 9.97. The fourth-order valence-electron chi connectivity index (χ4n) is 3.17. The summed E-state index contributed by atoms with van der Waals surface area (Å²) in [6.07, 6.45) is 4.03. The minimum atomic E-state index is 0. The zero-order valence-electron chi connectivity index (χ0n) is 17.0. The van der Waals surface area contributed by atoms with Crippen LogP contribution in [0.15, 0.2) is 29.3 Å². The zero-order valence-corrected chi connectivity index (χ0v) is 19.3. The molecule has 1 aliphatic rings. The van der Waals surface area contributed by atoms with Gasteiger partial charge in [-0.25, -0.2) is 4.99 Å². The standard InChI is InChI=1S/C21H34N4O.HI/c1-4-22-21(23-13-7-9-17(2)3)24-15-18-10-5-6-11-19(18)16-25-14-8-12-20(25)26;/h5-6,10-11,17H,4,7-9,12-16H2,1-3H3,(H2,22,23,24);1H. The third-order valence-electron chi connectivity index (χ3n) is 4.65. The van der Waals surface area contributed by atoms with E-state index in [1.54, 1.807) is 0 Å². The van der Waals surface area contributed by atoms with Crippen molar-refractivity contribution in [3.8, 4) is 0 Å². The van der Waals surface area contributed by atoms with Crippen molar-refractivity contribution in [1.29, 1.82) is 0 Å². The first kappa shape index (κ1) is 23.7. The number of guanidine groups is 1. The molecule has 0 saturated carbocycles. The number of rotatable bonds is 9. The van der Waals surface area contributed by atoms with Gasteiger partial charge in [-0.05, 0) is 43.2 Å². The molecule has 5 nitrogen and oxygen atoms in total. The van der Waals surface area contributed by atoms with Crippen molar-refractivity contribution >= 4 is 35.8 Å². The Hall–Kier alpha value is -1.31. The maximum absolute atomic E-state index is 11.9. The van der Waals surface area contributed by atoms with Crippen LogP contribution in [0.5, 0.6) is 0 Å². The molecular formula is C21H35IN4O. The Morgan fingerprint density at radius 3 is 2.59 bits per heavy atom. The van der Waals surface area contributed by atoms with E-state index in [1.165, 1.54) is 17.5 Å². The second-order valence-corrected chi connectivity index (χ2v) is 7.35. The number of hydrogen-bond donors (Lipinski definition) is 2. The molecule has 1 amide bonds. The van der Waals surface area contributed by atoms with Crippen molar-refractivity contribution in [2.45, 2.75) is 59.5 Å². The fraction of sp³-hybridized carbons (Fsp3) is 0.619. The molecule has 0 radical (unpaired) electrons. The van der Waals surface area contributed by atoms with Crippen LogP contribution in [0.4, 0.5) is 0 Å². The molecule has 1 heterocycles. The summed E-state index contributed by atoms with van der Waals surface area (Å²) in [5.41, 5.74) is 2.38. The lowest BCUT2D eigenvalue weighted by atomic mass is 10.1. The van der Waals surface area contributed by atoms with Crippen LogP contribution in [0.3, 0.4) is 0 Å². The van der Waals surface area contributed by atoms with Gasteiger partial charge < -0.3 is 15.5 Å². The summed E-state index contributed by atoms with van der Waals surface area (Å²) in [6, 6.07) is 8.31. The van der Waals surface area contributed by atoms with E-state index in [-0.39, 0.29) is 29.9 Å². The molecule has 152 valence electrons. The average Bonchev–Trinajstić information content (AvgIpc) is 3.02. The largest absolute Gasteiger partial charge is 0.357 e. The van der Waals surface area contributed by atoms with Crippen LogP contribution in [-0.4, -0.2) is 36.4 Å². The number of aliphatic imine (C=N–C) groups is 1. The summed E-state index contributed by atoms with van der Waals surface area (Å²) in [6.45, 7) is 10.6. The highest BCUT2D eigenvalue weighted by Crippen LogP contribution is 2.17. The van der Waals surface area contributed by atoms with Crippen molar-refractivity contribution < 1.29 is 4.79 Å². The molecule has 0 aromatic heterocycles. The third kappa shape index (κ3) is 8.49. The molecule has 0 unspecified atom stereocenters. The van der Waals surface area contributed by atoms with Gasteiger partial charge in [0.2, 0.25) is 5.91 Å². The van der Waals surface area contributed by atoms with E-state index in [0.29, 0.717) is 19.5 Å². The van der Waals surface area contributed by atoms with E-state index in [9.17, 15) is 4.79 Å². The lowest BCUT2D eigenvalue weighted by molar-refractivity contribution is -0.128. The lowest BCUT2D eigenvalue weighted by Gasteiger charge is -2.18. The average molecular weight is 486 g/mol. The highest BCUT2D eigenvalue weighted by Gasteiger charge is 2.20. The van der Waals surface area contributed by atoms with Crippen LogP contribution in [0, 0.1) is 5.92 Å². The van der Waals surface area contributed by atoms with Crippen LogP contribution >= 0.6 is 24.0 Å². The normalized spacial score (nSPS) is 14.4. The Morgan fingerprint density at radius 1 is 1.22 bits per heavy atom. The number of carbonyl (C=O) groups is 1. The number of nitrogens with one attached hydrogen (secondary N) is 2. The van der Waals surface area contributed by atoms with Gasteiger partial charge in [-0.1, -0.05) is 38.1 Å². The smallest absolute Gasteiger partial charge is 0.222 e. The van der Waals surface area contributed by atoms with Crippen LogP contribution < -0.4 is 10.6 Å². The molecule has 6 heteroatoms. The number of benzene rings is 1. The minimum absolute atomic E-state index is 0. The number of likely N-dealkylation sites (tertiary alicyclic amines) is 1. The van der Waals surface area contributed by atoms with Gasteiger partial charge in [0.15, 0.2) is 5.96 Å². The predicted molar refractivity (Wildman–Crippen MR) is 123 cm³/mol. The monoisotopic (exact) mass is 486 g/mol. The Kier molecular flexibility index (Phi) is 11.4. The van der Waals surface area contributed by atoms with E-state index < -0.39 is 0 Å². The van der Waals surface area contributed by atoms with E-state index in [4.69, 9.17) is 4.99 Å². The van der Waals surface area contributed by atoms with Crippen molar-refractivity contribution in [2.75, 3.05) is 19.6 Å². The van der Waals surface area contributed by atoms with E-state index >= 15 is 0 Å². The van der Waals surface area contributed by atoms with Crippen molar-refractivity contribution in [1.82, 2.24) is 15.5 Å². The predicted octanol–water partition coefficient (Wildman–Crippen LogP) is 3.92. The molecule has 0 bridgehead atoms. The van der Waals surface area contributed by atoms with Gasteiger partial charge in [-0.15, -0.1) is 24.0 Å². The summed E-state index contributed by atoms with van der Waals surface area (Å²) in [5, 5.41) is 6.74. The topological polar surface area (TPSA) is 56.7 Å². The molecule has 2 N–H and O–H groups in total. The molecule has 27 heavy (non-hydrogen) atoms. The van der Waals surface area contributed by atoms with Crippen molar-refractivity contribution in [3.05, 3.63) is 35.4 Å². The van der Waals surface area contributed by atoms with Crippen molar-refractivity contribution in [2.24, 2.45) is 10.9 Å². The molecule has 0 spiro atoms. The SMILES string of the molecule is CCNC(=NCc1ccccc1CN1CCCC1=O)NCCCC(C)C.I. The number of hydrogen-bond acceptors (Lipinski definition) is 2. The molecule has 0 aliphatic carbocycles. The molecule has 1 aromatic carbocycles. The Bertz CT molecular complexity index is 604. The van der Waals surface area contributed by atoms with Gasteiger partial charge in [0, 0.05) is 32.6 Å². The molecule has 1 fully saturated rings. The summed E-state index contributed by atoms with van der Waals surface area (Å²) in [7, 11) is 0. The molecule has 2 rings (SSSR count). The van der Waals surface area contributed by atoms with Gasteiger partial charge >= 0.3 is 0 Å². The van der Waals surface area contributed by atoms with Crippen LogP contribution in [0.1, 0.15) is 57.6 Å².